The molecule has 0 aromatic carbocycles. The molecule has 0 amide bonds. The summed E-state index contributed by atoms with van der Waals surface area (Å²) in [5.74, 6) is 1.04. The largest absolute Gasteiger partial charge is 0.317 e. The van der Waals surface area contributed by atoms with E-state index in [1.807, 2.05) is 0 Å². The van der Waals surface area contributed by atoms with Gasteiger partial charge in [-0.15, -0.1) is 0 Å². The number of rotatable bonds is 8. The van der Waals surface area contributed by atoms with E-state index in [1.54, 1.807) is 0 Å². The number of unbranched alkanes of at least 4 members (excludes halogenated alkanes) is 5. The maximum atomic E-state index is 3.41. The Hall–Kier alpha value is -0.0400. The van der Waals surface area contributed by atoms with Crippen LogP contribution in [0.3, 0.4) is 0 Å². The van der Waals surface area contributed by atoms with Gasteiger partial charge in [-0.2, -0.15) is 0 Å². The van der Waals surface area contributed by atoms with Crippen LogP contribution in [0.4, 0.5) is 0 Å². The van der Waals surface area contributed by atoms with Crippen LogP contribution >= 0.6 is 0 Å². The van der Waals surface area contributed by atoms with Crippen molar-refractivity contribution in [2.24, 2.45) is 5.92 Å². The fraction of sp³-hybridized carbons (Fsp3) is 1.00. The van der Waals surface area contributed by atoms with Crippen LogP contribution < -0.4 is 5.32 Å². The molecule has 0 heterocycles. The van der Waals surface area contributed by atoms with Crippen LogP contribution in [0, 0.1) is 5.92 Å². The Morgan fingerprint density at radius 1 is 1.00 bits per heavy atom. The number of hydrogen-bond donors (Lipinski definition) is 1. The van der Waals surface area contributed by atoms with Crippen molar-refractivity contribution >= 4 is 0 Å². The summed E-state index contributed by atoms with van der Waals surface area (Å²) in [4.78, 5) is 0. The number of nitrogens with one attached hydrogen (secondary N) is 1. The lowest BCUT2D eigenvalue weighted by atomic mass is 9.99. The fourth-order valence-electron chi connectivity index (χ4n) is 2.81. The van der Waals surface area contributed by atoms with E-state index in [0.717, 1.165) is 12.0 Å². The van der Waals surface area contributed by atoms with Crippen molar-refractivity contribution in [1.82, 2.24) is 5.32 Å². The summed E-state index contributed by atoms with van der Waals surface area (Å²) in [6.45, 7) is 2.29. The van der Waals surface area contributed by atoms with Gasteiger partial charge in [-0.05, 0) is 32.2 Å². The lowest BCUT2D eigenvalue weighted by Gasteiger charge is -2.10. The van der Waals surface area contributed by atoms with Gasteiger partial charge in [0.25, 0.3) is 0 Å². The first-order valence-electron chi connectivity index (χ1n) is 7.04. The van der Waals surface area contributed by atoms with Crippen LogP contribution in [0.2, 0.25) is 0 Å². The van der Waals surface area contributed by atoms with Crippen molar-refractivity contribution in [1.29, 1.82) is 0 Å². The molecule has 1 heteroatoms. The van der Waals surface area contributed by atoms with Crippen molar-refractivity contribution in [3.8, 4) is 0 Å². The van der Waals surface area contributed by atoms with Gasteiger partial charge in [0, 0.05) is 6.04 Å². The first-order valence-corrected chi connectivity index (χ1v) is 7.04. The predicted molar refractivity (Wildman–Crippen MR) is 68.2 cm³/mol. The molecule has 0 saturated heterocycles. The molecule has 1 N–H and O–H groups in total. The molecular weight excluding hydrogens is 182 g/mol. The lowest BCUT2D eigenvalue weighted by Crippen LogP contribution is -2.21. The Morgan fingerprint density at radius 3 is 2.40 bits per heavy atom. The molecule has 0 aliphatic heterocycles. The summed E-state index contributed by atoms with van der Waals surface area (Å²) in [5, 5.41) is 3.41. The van der Waals surface area contributed by atoms with Gasteiger partial charge in [0.15, 0.2) is 0 Å². The van der Waals surface area contributed by atoms with Gasteiger partial charge in [0.1, 0.15) is 0 Å². The zero-order chi connectivity index (χ0) is 10.9. The molecular formula is C14H29N. The van der Waals surface area contributed by atoms with Crippen LogP contribution in [0.25, 0.3) is 0 Å². The predicted octanol–water partition coefficient (Wildman–Crippen LogP) is 4.13. The Bertz CT molecular complexity index is 144. The Balaban J connectivity index is 1.88. The maximum Gasteiger partial charge on any atom is 0.00668 e. The second kappa shape index (κ2) is 8.15. The highest BCUT2D eigenvalue weighted by Gasteiger charge is 2.22. The van der Waals surface area contributed by atoms with Crippen LogP contribution in [0.5, 0.6) is 0 Å². The first kappa shape index (κ1) is 13.0. The second-order valence-electron chi connectivity index (χ2n) is 5.22. The molecule has 0 aromatic rings. The van der Waals surface area contributed by atoms with Gasteiger partial charge < -0.3 is 5.32 Å². The zero-order valence-corrected chi connectivity index (χ0v) is 10.7. The molecule has 1 aliphatic rings. The van der Waals surface area contributed by atoms with Crippen LogP contribution in [0.1, 0.15) is 71.1 Å². The van der Waals surface area contributed by atoms with E-state index in [9.17, 15) is 0 Å². The Labute approximate surface area is 96.0 Å². The molecule has 0 spiro atoms. The zero-order valence-electron chi connectivity index (χ0n) is 10.7. The van der Waals surface area contributed by atoms with E-state index in [4.69, 9.17) is 0 Å². The third kappa shape index (κ3) is 5.55. The van der Waals surface area contributed by atoms with Crippen molar-refractivity contribution in [3.63, 3.8) is 0 Å². The molecule has 0 radical (unpaired) electrons. The summed E-state index contributed by atoms with van der Waals surface area (Å²) < 4.78 is 0. The van der Waals surface area contributed by atoms with Crippen LogP contribution in [-0.4, -0.2) is 13.1 Å². The topological polar surface area (TPSA) is 12.0 Å². The van der Waals surface area contributed by atoms with E-state index in [0.29, 0.717) is 0 Å². The molecule has 1 saturated carbocycles. The van der Waals surface area contributed by atoms with E-state index < -0.39 is 0 Å². The average Bonchev–Trinajstić information content (AvgIpc) is 2.71. The van der Waals surface area contributed by atoms with Gasteiger partial charge in [-0.25, -0.2) is 0 Å². The van der Waals surface area contributed by atoms with Crippen molar-refractivity contribution < 1.29 is 0 Å². The van der Waals surface area contributed by atoms with Crippen molar-refractivity contribution in [2.45, 2.75) is 77.2 Å². The fourth-order valence-corrected chi connectivity index (χ4v) is 2.81. The lowest BCUT2D eigenvalue weighted by molar-refractivity contribution is 0.448. The first-order chi connectivity index (χ1) is 7.36. The van der Waals surface area contributed by atoms with E-state index in [2.05, 4.69) is 19.3 Å². The van der Waals surface area contributed by atoms with E-state index in [1.165, 1.54) is 64.2 Å². The molecule has 0 bridgehead atoms. The molecule has 90 valence electrons. The summed E-state index contributed by atoms with van der Waals surface area (Å²) in [7, 11) is 2.11. The monoisotopic (exact) mass is 211 g/mol. The van der Waals surface area contributed by atoms with Gasteiger partial charge in [-0.3, -0.25) is 0 Å². The summed E-state index contributed by atoms with van der Waals surface area (Å²) >= 11 is 0. The molecule has 2 unspecified atom stereocenters. The molecule has 1 rings (SSSR count). The maximum absolute atomic E-state index is 3.41. The number of hydrogen-bond acceptors (Lipinski definition) is 1. The molecule has 15 heavy (non-hydrogen) atoms. The van der Waals surface area contributed by atoms with Crippen LogP contribution in [-0.2, 0) is 0 Å². The highest BCUT2D eigenvalue weighted by atomic mass is 14.9. The van der Waals surface area contributed by atoms with Crippen LogP contribution in [0.15, 0.2) is 0 Å². The minimum absolute atomic E-state index is 0.829. The standard InChI is InChI=1S/C14H29N/c1-3-4-5-6-7-8-9-13-10-11-14(12-13)15-2/h13-15H,3-12H2,1-2H3. The van der Waals surface area contributed by atoms with Gasteiger partial charge >= 0.3 is 0 Å². The van der Waals surface area contributed by atoms with Crippen molar-refractivity contribution in [2.75, 3.05) is 7.05 Å². The molecule has 2 atom stereocenters. The Kier molecular flexibility index (Phi) is 7.08. The van der Waals surface area contributed by atoms with E-state index in [-0.39, 0.29) is 0 Å². The highest BCUT2D eigenvalue weighted by molar-refractivity contribution is 4.79. The minimum atomic E-state index is 0.829. The highest BCUT2D eigenvalue weighted by Crippen LogP contribution is 2.29. The summed E-state index contributed by atoms with van der Waals surface area (Å²) in [6.07, 6.45) is 14.5. The Morgan fingerprint density at radius 2 is 1.73 bits per heavy atom. The SMILES string of the molecule is CCCCCCCCC1CCC(NC)C1. The summed E-state index contributed by atoms with van der Waals surface area (Å²) in [5.41, 5.74) is 0. The second-order valence-corrected chi connectivity index (χ2v) is 5.22. The quantitative estimate of drug-likeness (QED) is 0.595. The van der Waals surface area contributed by atoms with Gasteiger partial charge in [0.05, 0.1) is 0 Å². The van der Waals surface area contributed by atoms with Gasteiger partial charge in [-0.1, -0.05) is 51.9 Å². The van der Waals surface area contributed by atoms with Gasteiger partial charge in [0.2, 0.25) is 0 Å². The third-order valence-electron chi connectivity index (χ3n) is 3.92. The average molecular weight is 211 g/mol. The minimum Gasteiger partial charge on any atom is -0.317 e. The molecule has 1 aliphatic carbocycles. The summed E-state index contributed by atoms with van der Waals surface area (Å²) in [6, 6.07) is 0.829. The van der Waals surface area contributed by atoms with E-state index >= 15 is 0 Å². The molecule has 1 fully saturated rings. The van der Waals surface area contributed by atoms with Crippen molar-refractivity contribution in [3.05, 3.63) is 0 Å². The molecule has 0 aromatic heterocycles. The molecule has 1 nitrogen and oxygen atoms in total. The third-order valence-corrected chi connectivity index (χ3v) is 3.92. The smallest absolute Gasteiger partial charge is 0.00668 e. The normalized spacial score (nSPS) is 26.0.